The van der Waals surface area contributed by atoms with Gasteiger partial charge in [-0.3, -0.25) is 0 Å². The molecule has 116 valence electrons. The Morgan fingerprint density at radius 1 is 0.955 bits per heavy atom. The van der Waals surface area contributed by atoms with Gasteiger partial charge in [0, 0.05) is 28.5 Å². The summed E-state index contributed by atoms with van der Waals surface area (Å²) in [7, 11) is -4.94. The zero-order chi connectivity index (χ0) is 16.5. The molecule has 0 saturated heterocycles. The molecule has 0 aliphatic carbocycles. The first-order chi connectivity index (χ1) is 10.2. The number of pyridine rings is 2. The van der Waals surface area contributed by atoms with E-state index in [-0.39, 0.29) is 0 Å². The molecule has 0 aliphatic heterocycles. The van der Waals surface area contributed by atoms with Crippen LogP contribution in [0.1, 0.15) is 16.7 Å². The van der Waals surface area contributed by atoms with Crippen LogP contribution in [0.2, 0.25) is 0 Å². The molecular formula is C16H16ClNO4. The lowest BCUT2D eigenvalue weighted by Gasteiger charge is -2.17. The number of rotatable bonds is 0. The van der Waals surface area contributed by atoms with Crippen LogP contribution >= 0.6 is 0 Å². The third kappa shape index (κ3) is 3.91. The molecule has 0 saturated carbocycles. The Bertz CT molecular complexity index is 822. The molecule has 0 N–H and O–H groups in total. The maximum atomic E-state index is 8.49. The van der Waals surface area contributed by atoms with Crippen LogP contribution in [-0.2, 0) is 0 Å². The van der Waals surface area contributed by atoms with Gasteiger partial charge in [0.25, 0.3) is 0 Å². The van der Waals surface area contributed by atoms with Gasteiger partial charge in [-0.05, 0) is 38.5 Å². The molecular weight excluding hydrogens is 306 g/mol. The highest BCUT2D eigenvalue weighted by Gasteiger charge is 2.11. The zero-order valence-corrected chi connectivity index (χ0v) is 13.3. The lowest BCUT2D eigenvalue weighted by Crippen LogP contribution is -2.68. The lowest BCUT2D eigenvalue weighted by molar-refractivity contribution is -2.00. The highest BCUT2D eigenvalue weighted by Crippen LogP contribution is 2.24. The van der Waals surface area contributed by atoms with E-state index < -0.39 is 10.2 Å². The number of benzene rings is 1. The van der Waals surface area contributed by atoms with E-state index in [4.69, 9.17) is 18.6 Å². The number of hydrogen-bond donors (Lipinski definition) is 0. The summed E-state index contributed by atoms with van der Waals surface area (Å²) < 4.78 is 36.2. The van der Waals surface area contributed by atoms with Gasteiger partial charge in [-0.1, -0.05) is 11.6 Å². The van der Waals surface area contributed by atoms with Crippen LogP contribution < -0.4 is 23.0 Å². The summed E-state index contributed by atoms with van der Waals surface area (Å²) in [6.07, 6.45) is 4.33. The Hall–Kier alpha value is -1.76. The van der Waals surface area contributed by atoms with E-state index in [1.807, 2.05) is 0 Å². The third-order valence-electron chi connectivity index (χ3n) is 3.44. The molecule has 1 aromatic carbocycles. The minimum atomic E-state index is -4.94. The van der Waals surface area contributed by atoms with Gasteiger partial charge in [0.05, 0.1) is 0 Å². The Labute approximate surface area is 130 Å². The minimum absolute atomic E-state index is 1.28. The molecule has 2 heterocycles. The molecule has 22 heavy (non-hydrogen) atoms. The first kappa shape index (κ1) is 16.6. The van der Waals surface area contributed by atoms with E-state index in [9.17, 15) is 0 Å². The number of nitrogens with zero attached hydrogens (tertiary/aromatic N) is 1. The van der Waals surface area contributed by atoms with Gasteiger partial charge in [0.2, 0.25) is 5.52 Å². The average Bonchev–Trinajstić information content (AvgIpc) is 2.36. The molecule has 5 nitrogen and oxygen atoms in total. The molecule has 0 atom stereocenters. The fraction of sp³-hybridized carbons (Fsp3) is 0.188. The predicted octanol–water partition coefficient (Wildman–Crippen LogP) is -1.25. The van der Waals surface area contributed by atoms with Crippen LogP contribution in [0.15, 0.2) is 42.7 Å². The van der Waals surface area contributed by atoms with Gasteiger partial charge in [-0.25, -0.2) is 18.6 Å². The average molecular weight is 322 g/mol. The summed E-state index contributed by atoms with van der Waals surface area (Å²) in [5.74, 6) is 0. The van der Waals surface area contributed by atoms with Gasteiger partial charge in [-0.2, -0.15) is 4.40 Å². The van der Waals surface area contributed by atoms with Crippen molar-refractivity contribution in [1.82, 2.24) is 0 Å². The molecule has 0 bridgehead atoms. The second kappa shape index (κ2) is 6.16. The molecule has 3 rings (SSSR count). The van der Waals surface area contributed by atoms with Crippen molar-refractivity contribution in [2.24, 2.45) is 0 Å². The summed E-state index contributed by atoms with van der Waals surface area (Å²) >= 11 is 0. The van der Waals surface area contributed by atoms with E-state index in [0.717, 1.165) is 0 Å². The predicted molar refractivity (Wildman–Crippen MR) is 71.3 cm³/mol. The van der Waals surface area contributed by atoms with Gasteiger partial charge in [0.1, 0.15) is 0 Å². The van der Waals surface area contributed by atoms with Crippen LogP contribution in [-0.4, -0.2) is 0 Å². The molecule has 0 spiro atoms. The summed E-state index contributed by atoms with van der Waals surface area (Å²) in [6.45, 7) is 6.56. The summed E-state index contributed by atoms with van der Waals surface area (Å²) in [4.78, 5) is 0. The van der Waals surface area contributed by atoms with Crippen LogP contribution in [0.5, 0.6) is 0 Å². The molecule has 0 fully saturated rings. The minimum Gasteiger partial charge on any atom is -0.222 e. The third-order valence-corrected chi connectivity index (χ3v) is 3.44. The van der Waals surface area contributed by atoms with E-state index in [2.05, 4.69) is 67.9 Å². The van der Waals surface area contributed by atoms with Crippen molar-refractivity contribution in [3.05, 3.63) is 59.4 Å². The fourth-order valence-electron chi connectivity index (χ4n) is 2.78. The highest BCUT2D eigenvalue weighted by atomic mass is 35.7. The largest absolute Gasteiger partial charge is 0.222 e. The summed E-state index contributed by atoms with van der Waals surface area (Å²) in [5, 5.41) is 2.71. The molecule has 0 aliphatic rings. The van der Waals surface area contributed by atoms with Crippen molar-refractivity contribution in [2.75, 3.05) is 0 Å². The van der Waals surface area contributed by atoms with Crippen LogP contribution in [0.3, 0.4) is 0 Å². The number of halogens is 1. The molecule has 2 aromatic heterocycles. The summed E-state index contributed by atoms with van der Waals surface area (Å²) in [5.41, 5.74) is 5.33. The lowest BCUT2D eigenvalue weighted by atomic mass is 9.99. The number of fused-ring (bicyclic) bond motifs is 2. The first-order valence-corrected chi connectivity index (χ1v) is 7.82. The standard InChI is InChI=1S/C16H16N.ClHO4/c1-11-8-12(2)16-13(3)15-6-4-5-7-17(15)10-14(16)9-11;2-1(3,4)5/h4-10H,1-3H3;(H,2,3,4,5)/q+1;/p-1. The Kier molecular flexibility index (Phi) is 4.65. The van der Waals surface area contributed by atoms with Gasteiger partial charge in [0.15, 0.2) is 12.4 Å². The number of aryl methyl sites for hydroxylation is 3. The monoisotopic (exact) mass is 321 g/mol. The maximum absolute atomic E-state index is 8.49. The molecule has 0 unspecified atom stereocenters. The van der Waals surface area contributed by atoms with Crippen molar-refractivity contribution in [3.8, 4) is 0 Å². The van der Waals surface area contributed by atoms with Crippen molar-refractivity contribution in [3.63, 3.8) is 0 Å². The fourth-order valence-corrected chi connectivity index (χ4v) is 2.78. The van der Waals surface area contributed by atoms with Crippen molar-refractivity contribution in [2.45, 2.75) is 20.8 Å². The molecule has 6 heteroatoms. The molecule has 0 radical (unpaired) electrons. The van der Waals surface area contributed by atoms with Gasteiger partial charge < -0.3 is 0 Å². The SMILES string of the molecule is Cc1cc(C)c2c(C)c3cccc[n+]3cc2c1.[O-][Cl+3]([O-])([O-])[O-]. The first-order valence-electron chi connectivity index (χ1n) is 6.59. The van der Waals surface area contributed by atoms with E-state index in [1.54, 1.807) is 0 Å². The number of aromatic nitrogens is 1. The van der Waals surface area contributed by atoms with Crippen molar-refractivity contribution >= 4 is 16.3 Å². The number of hydrogen-bond acceptors (Lipinski definition) is 4. The smallest absolute Gasteiger partial charge is 0.214 e. The van der Waals surface area contributed by atoms with E-state index >= 15 is 0 Å². The van der Waals surface area contributed by atoms with Crippen LogP contribution in [0.25, 0.3) is 16.3 Å². The Balaban J connectivity index is 0.000000309. The second-order valence-electron chi connectivity index (χ2n) is 5.17. The van der Waals surface area contributed by atoms with Crippen molar-refractivity contribution in [1.29, 1.82) is 0 Å². The van der Waals surface area contributed by atoms with E-state index in [1.165, 1.54) is 33.0 Å². The van der Waals surface area contributed by atoms with Crippen LogP contribution in [0.4, 0.5) is 0 Å². The van der Waals surface area contributed by atoms with Gasteiger partial charge in [-0.15, -0.1) is 10.2 Å². The molecule has 3 aromatic rings. The topological polar surface area (TPSA) is 96.3 Å². The maximum Gasteiger partial charge on any atom is 0.214 e. The quantitative estimate of drug-likeness (QED) is 0.381. The van der Waals surface area contributed by atoms with E-state index in [0.29, 0.717) is 0 Å². The van der Waals surface area contributed by atoms with Crippen LogP contribution in [0, 0.1) is 31.0 Å². The molecule has 0 amide bonds. The highest BCUT2D eigenvalue weighted by molar-refractivity contribution is 5.91. The van der Waals surface area contributed by atoms with Gasteiger partial charge >= 0.3 is 0 Å². The zero-order valence-electron chi connectivity index (χ0n) is 12.5. The van der Waals surface area contributed by atoms with Crippen molar-refractivity contribution < 1.29 is 33.3 Å². The normalized spacial score (nSPS) is 11.4. The Morgan fingerprint density at radius 3 is 2.23 bits per heavy atom. The Morgan fingerprint density at radius 2 is 1.59 bits per heavy atom. The summed E-state index contributed by atoms with van der Waals surface area (Å²) in [6, 6.07) is 10.9. The second-order valence-corrected chi connectivity index (χ2v) is 5.93.